The first-order valence-electron chi connectivity index (χ1n) is 24.3. The second-order valence-corrected chi connectivity index (χ2v) is 18.4. The molecule has 0 fully saturated rings. The van der Waals surface area contributed by atoms with Crippen LogP contribution in [0.3, 0.4) is 0 Å². The molecule has 2 heterocycles. The van der Waals surface area contributed by atoms with E-state index in [0.717, 1.165) is 78.1 Å². The third kappa shape index (κ3) is 6.82. The Morgan fingerprint density at radius 3 is 1.45 bits per heavy atom. The molecule has 0 saturated carbocycles. The summed E-state index contributed by atoms with van der Waals surface area (Å²) in [6.45, 7) is 0. The zero-order chi connectivity index (χ0) is 46.8. The predicted octanol–water partition coefficient (Wildman–Crippen LogP) is 19.1. The summed E-state index contributed by atoms with van der Waals surface area (Å²) in [6, 6.07) is 96.7. The quantitative estimate of drug-likeness (QED) is 0.142. The van der Waals surface area contributed by atoms with Gasteiger partial charge in [-0.2, -0.15) is 0 Å². The molecule has 3 nitrogen and oxygen atoms in total. The maximum atomic E-state index is 6.46. The fourth-order valence-electron chi connectivity index (χ4n) is 11.1. The third-order valence-corrected chi connectivity index (χ3v) is 14.4. The van der Waals surface area contributed by atoms with Crippen molar-refractivity contribution in [2.75, 3.05) is 4.90 Å². The van der Waals surface area contributed by atoms with Crippen LogP contribution >= 0.6 is 0 Å². The topological polar surface area (TPSA) is 21.3 Å². The minimum atomic E-state index is 0.905. The van der Waals surface area contributed by atoms with Crippen molar-refractivity contribution in [3.05, 3.63) is 267 Å². The lowest BCUT2D eigenvalue weighted by atomic mass is 9.96. The van der Waals surface area contributed by atoms with Gasteiger partial charge in [-0.3, -0.25) is 0 Å². The summed E-state index contributed by atoms with van der Waals surface area (Å²) >= 11 is 0. The highest BCUT2D eigenvalue weighted by molar-refractivity contribution is 6.15. The summed E-state index contributed by atoms with van der Waals surface area (Å²) in [5.74, 6) is 0. The fraction of sp³-hybridized carbons (Fsp3) is 0. The third-order valence-electron chi connectivity index (χ3n) is 14.4. The molecule has 0 amide bonds. The van der Waals surface area contributed by atoms with Gasteiger partial charge in [-0.15, -0.1) is 0 Å². The number of hydrogen-bond donors (Lipinski definition) is 0. The van der Waals surface area contributed by atoms with Crippen LogP contribution in [0.1, 0.15) is 0 Å². The van der Waals surface area contributed by atoms with Crippen molar-refractivity contribution >= 4 is 82.4 Å². The van der Waals surface area contributed by atoms with E-state index < -0.39 is 0 Å². The smallest absolute Gasteiger partial charge is 0.143 e. The van der Waals surface area contributed by atoms with Crippen LogP contribution in [0.15, 0.2) is 271 Å². The number of anilines is 3. The molecule has 332 valence electrons. The molecule has 0 saturated heterocycles. The Balaban J connectivity index is 0.850. The molecule has 0 aliphatic rings. The van der Waals surface area contributed by atoms with Crippen molar-refractivity contribution < 1.29 is 4.42 Å². The zero-order valence-electron chi connectivity index (χ0n) is 38.7. The average molecular weight is 905 g/mol. The Kier molecular flexibility index (Phi) is 9.53. The molecule has 0 unspecified atom stereocenters. The number of rotatable bonds is 8. The minimum absolute atomic E-state index is 0.905. The fourth-order valence-corrected chi connectivity index (χ4v) is 11.1. The van der Waals surface area contributed by atoms with Crippen LogP contribution in [0.4, 0.5) is 17.1 Å². The standard InChI is InChI=1S/C68H44N2O/c1-2-21-54-51(16-1)44-66(58-24-4-3-23-57(54)58)69(53-40-36-46(37-41-53)48-18-14-20-50(43-48)56-28-15-29-62-61-27-8-12-33-67(61)71-68(56)62)52-38-34-45(35-39-52)47-17-13-19-49(42-47)55-22-5-9-30-63(55)70-64-31-10-6-25-59(64)60-26-7-11-32-65(60)70/h1-44H. The Labute approximate surface area is 411 Å². The summed E-state index contributed by atoms with van der Waals surface area (Å²) in [7, 11) is 0. The van der Waals surface area contributed by atoms with Crippen LogP contribution < -0.4 is 4.90 Å². The summed E-state index contributed by atoms with van der Waals surface area (Å²) in [5, 5.41) is 9.66. The number of furan rings is 1. The van der Waals surface area contributed by atoms with Crippen molar-refractivity contribution in [3.8, 4) is 50.2 Å². The first-order chi connectivity index (χ1) is 35.2. The SMILES string of the molecule is c1cc(-c2ccc(N(c3ccc(-c4cccc(-c5cccc6c5oc5ccccc56)c4)cc3)c3cc4ccccc4c4ccccc34)cc2)cc(-c2ccccc2-n2c3ccccc3c3ccccc32)c1. The molecule has 71 heavy (non-hydrogen) atoms. The van der Waals surface area contributed by atoms with E-state index in [-0.39, 0.29) is 0 Å². The average Bonchev–Trinajstić information content (AvgIpc) is 4.00. The lowest BCUT2D eigenvalue weighted by molar-refractivity contribution is 0.670. The number of nitrogens with zero attached hydrogens (tertiary/aromatic N) is 2. The first kappa shape index (κ1) is 40.6. The van der Waals surface area contributed by atoms with Crippen molar-refractivity contribution in [1.82, 2.24) is 4.57 Å². The molecule has 0 bridgehead atoms. The highest BCUT2D eigenvalue weighted by Crippen LogP contribution is 2.44. The summed E-state index contributed by atoms with van der Waals surface area (Å²) in [5.41, 5.74) is 17.9. The monoisotopic (exact) mass is 904 g/mol. The van der Waals surface area contributed by atoms with Crippen LogP contribution in [-0.2, 0) is 0 Å². The van der Waals surface area contributed by atoms with Gasteiger partial charge < -0.3 is 13.9 Å². The highest BCUT2D eigenvalue weighted by atomic mass is 16.3. The maximum absolute atomic E-state index is 6.46. The van der Waals surface area contributed by atoms with Gasteiger partial charge in [0.2, 0.25) is 0 Å². The van der Waals surface area contributed by atoms with E-state index in [2.05, 4.69) is 264 Å². The van der Waals surface area contributed by atoms with Gasteiger partial charge in [0.1, 0.15) is 11.2 Å². The van der Waals surface area contributed by atoms with E-state index >= 15 is 0 Å². The van der Waals surface area contributed by atoms with Crippen LogP contribution in [0, 0.1) is 0 Å². The Hall–Kier alpha value is -9.44. The molecule has 0 spiro atoms. The molecular formula is C68H44N2O. The minimum Gasteiger partial charge on any atom is -0.455 e. The zero-order valence-corrected chi connectivity index (χ0v) is 38.7. The second kappa shape index (κ2) is 16.7. The highest BCUT2D eigenvalue weighted by Gasteiger charge is 2.20. The van der Waals surface area contributed by atoms with Gasteiger partial charge in [0.25, 0.3) is 0 Å². The van der Waals surface area contributed by atoms with Crippen molar-refractivity contribution in [2.24, 2.45) is 0 Å². The summed E-state index contributed by atoms with van der Waals surface area (Å²) < 4.78 is 8.87. The van der Waals surface area contributed by atoms with Gasteiger partial charge in [0.15, 0.2) is 0 Å². The van der Waals surface area contributed by atoms with E-state index in [0.29, 0.717) is 0 Å². The van der Waals surface area contributed by atoms with Gasteiger partial charge in [-0.25, -0.2) is 0 Å². The van der Waals surface area contributed by atoms with E-state index in [1.165, 1.54) is 54.5 Å². The van der Waals surface area contributed by atoms with E-state index in [1.54, 1.807) is 0 Å². The van der Waals surface area contributed by atoms with Crippen molar-refractivity contribution in [3.63, 3.8) is 0 Å². The molecule has 0 N–H and O–H groups in total. The Bertz CT molecular complexity index is 4290. The van der Waals surface area contributed by atoms with Gasteiger partial charge in [0, 0.05) is 49.4 Å². The number of para-hydroxylation sites is 5. The molecule has 14 rings (SSSR count). The normalized spacial score (nSPS) is 11.7. The Morgan fingerprint density at radius 1 is 0.296 bits per heavy atom. The number of aromatic nitrogens is 1. The van der Waals surface area contributed by atoms with Gasteiger partial charge >= 0.3 is 0 Å². The lowest BCUT2D eigenvalue weighted by Crippen LogP contribution is -2.10. The van der Waals surface area contributed by atoms with E-state index in [1.807, 2.05) is 12.1 Å². The summed E-state index contributed by atoms with van der Waals surface area (Å²) in [6.07, 6.45) is 0. The molecule has 14 aromatic rings. The number of benzene rings is 12. The largest absolute Gasteiger partial charge is 0.455 e. The summed E-state index contributed by atoms with van der Waals surface area (Å²) in [4.78, 5) is 2.42. The Morgan fingerprint density at radius 2 is 0.775 bits per heavy atom. The van der Waals surface area contributed by atoms with Gasteiger partial charge in [0.05, 0.1) is 22.4 Å². The maximum Gasteiger partial charge on any atom is 0.143 e. The first-order valence-corrected chi connectivity index (χ1v) is 24.3. The van der Waals surface area contributed by atoms with E-state index in [4.69, 9.17) is 4.42 Å². The number of fused-ring (bicyclic) bond motifs is 9. The van der Waals surface area contributed by atoms with Crippen LogP contribution in [0.2, 0.25) is 0 Å². The molecule has 12 aromatic carbocycles. The molecular weight excluding hydrogens is 861 g/mol. The molecule has 0 radical (unpaired) electrons. The molecule has 0 aliphatic heterocycles. The number of hydrogen-bond acceptors (Lipinski definition) is 2. The van der Waals surface area contributed by atoms with Crippen LogP contribution in [0.5, 0.6) is 0 Å². The molecule has 0 atom stereocenters. The van der Waals surface area contributed by atoms with Crippen LogP contribution in [0.25, 0.3) is 115 Å². The molecule has 0 aliphatic carbocycles. The van der Waals surface area contributed by atoms with Crippen LogP contribution in [-0.4, -0.2) is 4.57 Å². The second-order valence-electron chi connectivity index (χ2n) is 18.4. The molecule has 3 heteroatoms. The van der Waals surface area contributed by atoms with Crippen molar-refractivity contribution in [2.45, 2.75) is 0 Å². The van der Waals surface area contributed by atoms with Crippen molar-refractivity contribution in [1.29, 1.82) is 0 Å². The molecule has 2 aromatic heterocycles. The van der Waals surface area contributed by atoms with Gasteiger partial charge in [-0.1, -0.05) is 200 Å². The van der Waals surface area contributed by atoms with E-state index in [9.17, 15) is 0 Å². The predicted molar refractivity (Wildman–Crippen MR) is 299 cm³/mol. The van der Waals surface area contributed by atoms with Gasteiger partial charge in [-0.05, 0) is 116 Å². The lowest BCUT2D eigenvalue weighted by Gasteiger charge is -2.28.